The van der Waals surface area contributed by atoms with Gasteiger partial charge in [-0.2, -0.15) is 0 Å². The van der Waals surface area contributed by atoms with E-state index in [-0.39, 0.29) is 17.5 Å². The van der Waals surface area contributed by atoms with Gasteiger partial charge in [0.25, 0.3) is 5.56 Å². The molecule has 8 heteroatoms. The molecule has 0 saturated carbocycles. The number of carbonyl (C=O) groups excluding carboxylic acids is 1. The van der Waals surface area contributed by atoms with Crippen LogP contribution in [0.3, 0.4) is 0 Å². The average molecular weight is 273 g/mol. The largest absolute Gasteiger partial charge is 0.377 e. The number of nitrogens with zero attached hydrogens (tertiary/aromatic N) is 2. The van der Waals surface area contributed by atoms with Crippen molar-refractivity contribution in [1.29, 1.82) is 0 Å². The monoisotopic (exact) mass is 272 g/mol. The number of aromatic amines is 1. The Balaban J connectivity index is 2.37. The summed E-state index contributed by atoms with van der Waals surface area (Å²) in [4.78, 5) is 31.3. The number of nitrogens with one attached hydrogen (secondary N) is 2. The lowest BCUT2D eigenvalue weighted by Gasteiger charge is -2.35. The van der Waals surface area contributed by atoms with Crippen molar-refractivity contribution in [3.8, 4) is 0 Å². The van der Waals surface area contributed by atoms with Crippen molar-refractivity contribution in [2.45, 2.75) is 6.04 Å². The molecular formula is C10H13ClN4O3. The second-order valence-corrected chi connectivity index (χ2v) is 4.15. The predicted octanol–water partition coefficient (Wildman–Crippen LogP) is -0.625. The smallest absolute Gasteiger partial charge is 0.271 e. The van der Waals surface area contributed by atoms with Crippen molar-refractivity contribution in [2.24, 2.45) is 0 Å². The summed E-state index contributed by atoms with van der Waals surface area (Å²) in [5.41, 5.74) is -0.427. The van der Waals surface area contributed by atoms with Crippen LogP contribution in [0, 0.1) is 0 Å². The second kappa shape index (κ2) is 5.36. The highest BCUT2D eigenvalue weighted by Gasteiger charge is 2.31. The fraction of sp³-hybridized carbons (Fsp3) is 0.500. The summed E-state index contributed by atoms with van der Waals surface area (Å²) < 4.78 is 5.27. The van der Waals surface area contributed by atoms with E-state index in [2.05, 4.69) is 15.3 Å². The van der Waals surface area contributed by atoms with Gasteiger partial charge >= 0.3 is 0 Å². The lowest BCUT2D eigenvalue weighted by Crippen LogP contribution is -2.54. The van der Waals surface area contributed by atoms with Crippen LogP contribution in [0.1, 0.15) is 0 Å². The average Bonchev–Trinajstić information content (AvgIpc) is 2.41. The van der Waals surface area contributed by atoms with Crippen LogP contribution < -0.4 is 15.8 Å². The first-order valence-corrected chi connectivity index (χ1v) is 5.82. The molecule has 2 rings (SSSR count). The molecule has 0 aliphatic carbocycles. The van der Waals surface area contributed by atoms with Crippen LogP contribution >= 0.6 is 11.6 Å². The van der Waals surface area contributed by atoms with Gasteiger partial charge in [-0.05, 0) is 0 Å². The van der Waals surface area contributed by atoms with E-state index >= 15 is 0 Å². The van der Waals surface area contributed by atoms with Crippen molar-refractivity contribution in [3.05, 3.63) is 21.7 Å². The lowest BCUT2D eigenvalue weighted by molar-refractivity contribution is -0.124. The van der Waals surface area contributed by atoms with Crippen LogP contribution in [0.15, 0.2) is 11.1 Å². The third-order valence-electron chi connectivity index (χ3n) is 2.73. The van der Waals surface area contributed by atoms with Crippen molar-refractivity contribution in [1.82, 2.24) is 15.3 Å². The zero-order chi connectivity index (χ0) is 13.1. The molecule has 98 valence electrons. The molecule has 0 radical (unpaired) electrons. The molecule has 1 aromatic heterocycles. The zero-order valence-electron chi connectivity index (χ0n) is 9.77. The number of hydrogen-bond donors (Lipinski definition) is 2. The summed E-state index contributed by atoms with van der Waals surface area (Å²) in [5, 5.41) is 2.53. The number of likely N-dealkylation sites (N-methyl/N-ethyl adjacent to an activating group) is 1. The van der Waals surface area contributed by atoms with Gasteiger partial charge in [-0.3, -0.25) is 9.59 Å². The highest BCUT2D eigenvalue weighted by Crippen LogP contribution is 2.22. The van der Waals surface area contributed by atoms with Crippen molar-refractivity contribution in [2.75, 3.05) is 31.7 Å². The number of anilines is 1. The Morgan fingerprint density at radius 1 is 1.72 bits per heavy atom. The number of hydrogen-bond acceptors (Lipinski definition) is 5. The number of halogens is 1. The quantitative estimate of drug-likeness (QED) is 0.749. The molecule has 2 heterocycles. The standard InChI is InChI=1S/C10H13ClN4O3/c1-12-9(16)6-4-18-3-2-15(6)8-7(11)10(17)14-5-13-8/h5-6H,2-4H2,1H3,(H,12,16)(H,13,14,17). The molecule has 1 atom stereocenters. The topological polar surface area (TPSA) is 87.3 Å². The van der Waals surface area contributed by atoms with Crippen molar-refractivity contribution in [3.63, 3.8) is 0 Å². The number of ether oxygens (including phenoxy) is 1. The van der Waals surface area contributed by atoms with E-state index in [0.29, 0.717) is 19.0 Å². The molecule has 2 N–H and O–H groups in total. The third-order valence-corrected chi connectivity index (χ3v) is 3.07. The maximum Gasteiger partial charge on any atom is 0.271 e. The van der Waals surface area contributed by atoms with Crippen LogP contribution in [0.5, 0.6) is 0 Å². The van der Waals surface area contributed by atoms with Crippen LogP contribution in [-0.4, -0.2) is 48.7 Å². The molecule has 0 aromatic carbocycles. The fourth-order valence-electron chi connectivity index (χ4n) is 1.81. The highest BCUT2D eigenvalue weighted by atomic mass is 35.5. The molecule has 0 bridgehead atoms. The summed E-state index contributed by atoms with van der Waals surface area (Å²) in [6.45, 7) is 1.15. The molecule has 1 aliphatic heterocycles. The first kappa shape index (κ1) is 12.8. The normalized spacial score (nSPS) is 19.7. The molecule has 1 fully saturated rings. The molecule has 18 heavy (non-hydrogen) atoms. The van der Waals surface area contributed by atoms with Gasteiger partial charge in [0.05, 0.1) is 19.5 Å². The van der Waals surface area contributed by atoms with E-state index in [1.165, 1.54) is 6.33 Å². The SMILES string of the molecule is CNC(=O)C1COCCN1c1nc[nH]c(=O)c1Cl. The Morgan fingerprint density at radius 3 is 3.22 bits per heavy atom. The van der Waals surface area contributed by atoms with E-state index in [1.807, 2.05) is 0 Å². The van der Waals surface area contributed by atoms with E-state index in [0.717, 1.165) is 0 Å². The van der Waals surface area contributed by atoms with Gasteiger partial charge in [-0.15, -0.1) is 0 Å². The Hall–Kier alpha value is -1.60. The molecule has 1 aliphatic rings. The summed E-state index contributed by atoms with van der Waals surface area (Å²) >= 11 is 5.92. The van der Waals surface area contributed by atoms with Gasteiger partial charge in [-0.1, -0.05) is 11.6 Å². The minimum atomic E-state index is -0.532. The number of H-pyrrole nitrogens is 1. The Morgan fingerprint density at radius 2 is 2.50 bits per heavy atom. The summed E-state index contributed by atoms with van der Waals surface area (Å²) in [7, 11) is 1.54. The number of morpholine rings is 1. The molecule has 1 saturated heterocycles. The molecule has 0 spiro atoms. The number of amides is 1. The molecule has 1 amide bonds. The first-order chi connectivity index (χ1) is 8.65. The van der Waals surface area contributed by atoms with E-state index in [4.69, 9.17) is 16.3 Å². The van der Waals surface area contributed by atoms with Crippen LogP contribution in [0.2, 0.25) is 5.02 Å². The Kier molecular flexibility index (Phi) is 3.83. The number of aromatic nitrogens is 2. The van der Waals surface area contributed by atoms with Crippen LogP contribution in [-0.2, 0) is 9.53 Å². The van der Waals surface area contributed by atoms with Crippen molar-refractivity contribution < 1.29 is 9.53 Å². The van der Waals surface area contributed by atoms with Gasteiger partial charge in [0.1, 0.15) is 11.1 Å². The molecular weight excluding hydrogens is 260 g/mol. The van der Waals surface area contributed by atoms with Crippen LogP contribution in [0.4, 0.5) is 5.82 Å². The predicted molar refractivity (Wildman–Crippen MR) is 65.9 cm³/mol. The van der Waals surface area contributed by atoms with Gasteiger partial charge in [0.15, 0.2) is 5.82 Å². The maximum atomic E-state index is 11.8. The minimum Gasteiger partial charge on any atom is -0.377 e. The summed E-state index contributed by atoms with van der Waals surface area (Å²) in [5.74, 6) is 0.102. The fourth-order valence-corrected chi connectivity index (χ4v) is 2.03. The van der Waals surface area contributed by atoms with Crippen LogP contribution in [0.25, 0.3) is 0 Å². The molecule has 1 aromatic rings. The van der Waals surface area contributed by atoms with E-state index < -0.39 is 11.6 Å². The Bertz CT molecular complexity index is 504. The minimum absolute atomic E-state index is 0.0201. The zero-order valence-corrected chi connectivity index (χ0v) is 10.5. The van der Waals surface area contributed by atoms with E-state index in [1.54, 1.807) is 11.9 Å². The molecule has 7 nitrogen and oxygen atoms in total. The summed E-state index contributed by atoms with van der Waals surface area (Å²) in [6, 6.07) is -0.532. The van der Waals surface area contributed by atoms with Gasteiger partial charge in [0, 0.05) is 13.6 Å². The van der Waals surface area contributed by atoms with Gasteiger partial charge in [0.2, 0.25) is 5.91 Å². The second-order valence-electron chi connectivity index (χ2n) is 3.77. The van der Waals surface area contributed by atoms with Gasteiger partial charge in [-0.25, -0.2) is 4.98 Å². The third kappa shape index (κ3) is 2.32. The molecule has 1 unspecified atom stereocenters. The maximum absolute atomic E-state index is 11.8. The van der Waals surface area contributed by atoms with Gasteiger partial charge < -0.3 is 19.9 Å². The lowest BCUT2D eigenvalue weighted by atomic mass is 10.2. The summed E-state index contributed by atoms with van der Waals surface area (Å²) in [6.07, 6.45) is 1.26. The van der Waals surface area contributed by atoms with Crippen molar-refractivity contribution >= 4 is 23.3 Å². The van der Waals surface area contributed by atoms with E-state index in [9.17, 15) is 9.59 Å². The number of rotatable bonds is 2. The first-order valence-electron chi connectivity index (χ1n) is 5.44. The number of carbonyl (C=O) groups is 1. The highest BCUT2D eigenvalue weighted by molar-refractivity contribution is 6.32. The Labute approximate surface area is 108 Å².